The quantitative estimate of drug-likeness (QED) is 0.656. The summed E-state index contributed by atoms with van der Waals surface area (Å²) in [6.45, 7) is 5.00. The number of piperidine rings is 2. The minimum Gasteiger partial charge on any atom is -0.317 e. The van der Waals surface area contributed by atoms with Crippen molar-refractivity contribution >= 4 is 5.69 Å². The van der Waals surface area contributed by atoms with Crippen molar-refractivity contribution in [1.29, 1.82) is 0 Å². The normalized spacial score (nSPS) is 21.5. The summed E-state index contributed by atoms with van der Waals surface area (Å²) in [7, 11) is 0. The number of hydrogen-bond donors (Lipinski definition) is 1. The highest BCUT2D eigenvalue weighted by Crippen LogP contribution is 2.31. The van der Waals surface area contributed by atoms with Crippen LogP contribution in [0.1, 0.15) is 43.8 Å². The Morgan fingerprint density at radius 3 is 2.50 bits per heavy atom. The topological polar surface area (TPSA) is 76.2 Å². The monoisotopic (exact) mass is 343 g/mol. The maximum atomic E-state index is 12.9. The Bertz CT molecular complexity index is 566. The molecule has 2 saturated heterocycles. The van der Waals surface area contributed by atoms with Crippen molar-refractivity contribution < 1.29 is 13.7 Å². The fraction of sp³-hybridized carbons (Fsp3) is 0.800. The van der Waals surface area contributed by atoms with E-state index in [-0.39, 0.29) is 6.04 Å². The van der Waals surface area contributed by atoms with Crippen molar-refractivity contribution in [2.75, 3.05) is 32.7 Å². The molecule has 0 saturated carbocycles. The Labute approximate surface area is 139 Å². The van der Waals surface area contributed by atoms with Gasteiger partial charge in [0, 0.05) is 19.6 Å². The van der Waals surface area contributed by atoms with E-state index in [4.69, 9.17) is 0 Å². The highest BCUT2D eigenvalue weighted by molar-refractivity contribution is 5.33. The second-order valence-corrected chi connectivity index (χ2v) is 6.66. The second-order valence-electron chi connectivity index (χ2n) is 6.66. The van der Waals surface area contributed by atoms with Gasteiger partial charge in [-0.2, -0.15) is 5.10 Å². The molecular weight excluding hydrogens is 320 g/mol. The highest BCUT2D eigenvalue weighted by atomic mass is 19.3. The zero-order valence-corrected chi connectivity index (χ0v) is 13.5. The number of rotatable bonds is 5. The number of nitrogens with one attached hydrogen (secondary N) is 1. The standard InChI is InChI=1S/C15H23F2N5O2/c16-15(17)14-13(22(23)24)10-21(19-14)12-3-7-20(8-4-12)9-11-1-5-18-6-2-11/h10-12,15,18H,1-9H2. The molecule has 24 heavy (non-hydrogen) atoms. The van der Waals surface area contributed by atoms with Crippen LogP contribution in [0.3, 0.4) is 0 Å². The lowest BCUT2D eigenvalue weighted by Gasteiger charge is -2.35. The van der Waals surface area contributed by atoms with E-state index < -0.39 is 22.7 Å². The van der Waals surface area contributed by atoms with E-state index in [0.717, 1.165) is 57.7 Å². The van der Waals surface area contributed by atoms with Crippen LogP contribution in [0.5, 0.6) is 0 Å². The number of halogens is 2. The molecule has 0 spiro atoms. The summed E-state index contributed by atoms with van der Waals surface area (Å²) < 4.78 is 27.2. The van der Waals surface area contributed by atoms with Crippen LogP contribution in [-0.2, 0) is 0 Å². The van der Waals surface area contributed by atoms with Crippen molar-refractivity contribution in [3.8, 4) is 0 Å². The lowest BCUT2D eigenvalue weighted by Crippen LogP contribution is -2.40. The van der Waals surface area contributed by atoms with E-state index in [1.807, 2.05) is 0 Å². The van der Waals surface area contributed by atoms with Crippen LogP contribution in [0.2, 0.25) is 0 Å². The van der Waals surface area contributed by atoms with E-state index in [2.05, 4.69) is 15.3 Å². The fourth-order valence-corrected chi connectivity index (χ4v) is 3.67. The SMILES string of the molecule is O=[N+]([O-])c1cn(C2CCN(CC3CCNCC3)CC2)nc1C(F)F. The average Bonchev–Trinajstić information content (AvgIpc) is 3.02. The maximum absolute atomic E-state index is 12.9. The molecule has 0 atom stereocenters. The molecule has 7 nitrogen and oxygen atoms in total. The molecule has 2 aliphatic heterocycles. The van der Waals surface area contributed by atoms with Gasteiger partial charge in [0.2, 0.25) is 5.69 Å². The third kappa shape index (κ3) is 3.89. The van der Waals surface area contributed by atoms with Crippen molar-refractivity contribution in [3.63, 3.8) is 0 Å². The summed E-state index contributed by atoms with van der Waals surface area (Å²) in [5.74, 6) is 0.721. The molecule has 3 heterocycles. The molecule has 0 radical (unpaired) electrons. The molecule has 0 amide bonds. The summed E-state index contributed by atoms with van der Waals surface area (Å²) >= 11 is 0. The predicted molar refractivity (Wildman–Crippen MR) is 84.1 cm³/mol. The first-order valence-corrected chi connectivity index (χ1v) is 8.49. The molecular formula is C15H23F2N5O2. The number of alkyl halides is 2. The summed E-state index contributed by atoms with van der Waals surface area (Å²) in [5.41, 5.74) is -1.31. The van der Waals surface area contributed by atoms with Crippen molar-refractivity contribution in [2.45, 2.75) is 38.2 Å². The van der Waals surface area contributed by atoms with E-state index in [0.29, 0.717) is 0 Å². The Morgan fingerprint density at radius 2 is 1.96 bits per heavy atom. The molecule has 0 unspecified atom stereocenters. The summed E-state index contributed by atoms with van der Waals surface area (Å²) in [4.78, 5) is 12.5. The maximum Gasteiger partial charge on any atom is 0.316 e. The predicted octanol–water partition coefficient (Wildman–Crippen LogP) is 2.37. The van der Waals surface area contributed by atoms with E-state index >= 15 is 0 Å². The first-order valence-electron chi connectivity index (χ1n) is 8.49. The van der Waals surface area contributed by atoms with Gasteiger partial charge in [-0.15, -0.1) is 0 Å². The van der Waals surface area contributed by atoms with Crippen LogP contribution >= 0.6 is 0 Å². The van der Waals surface area contributed by atoms with Gasteiger partial charge in [0.05, 0.1) is 11.0 Å². The molecule has 1 aromatic rings. The molecule has 134 valence electrons. The first kappa shape index (κ1) is 17.2. The molecule has 2 fully saturated rings. The van der Waals surface area contributed by atoms with E-state index in [1.165, 1.54) is 17.5 Å². The highest BCUT2D eigenvalue weighted by Gasteiger charge is 2.30. The van der Waals surface area contributed by atoms with Gasteiger partial charge in [0.15, 0.2) is 0 Å². The lowest BCUT2D eigenvalue weighted by molar-refractivity contribution is -0.386. The van der Waals surface area contributed by atoms with Crippen molar-refractivity contribution in [3.05, 3.63) is 22.0 Å². The Balaban J connectivity index is 1.58. The number of hydrogen-bond acceptors (Lipinski definition) is 5. The zero-order valence-electron chi connectivity index (χ0n) is 13.5. The average molecular weight is 343 g/mol. The van der Waals surface area contributed by atoms with Crippen molar-refractivity contribution in [2.24, 2.45) is 5.92 Å². The third-order valence-corrected chi connectivity index (χ3v) is 5.05. The number of likely N-dealkylation sites (tertiary alicyclic amines) is 1. The van der Waals surface area contributed by atoms with Gasteiger partial charge in [-0.05, 0) is 44.7 Å². The molecule has 1 N–H and O–H groups in total. The molecule has 1 aromatic heterocycles. The van der Waals surface area contributed by atoms with Gasteiger partial charge in [0.25, 0.3) is 6.43 Å². The van der Waals surface area contributed by atoms with Crippen LogP contribution in [0, 0.1) is 16.0 Å². The smallest absolute Gasteiger partial charge is 0.316 e. The van der Waals surface area contributed by atoms with Gasteiger partial charge in [0.1, 0.15) is 6.20 Å². The van der Waals surface area contributed by atoms with Gasteiger partial charge in [-0.25, -0.2) is 8.78 Å². The minimum absolute atomic E-state index is 0.0412. The van der Waals surface area contributed by atoms with Gasteiger partial charge in [-0.1, -0.05) is 0 Å². The molecule has 2 aliphatic rings. The van der Waals surface area contributed by atoms with Gasteiger partial charge in [-0.3, -0.25) is 14.8 Å². The minimum atomic E-state index is -2.92. The lowest BCUT2D eigenvalue weighted by atomic mass is 9.96. The Kier molecular flexibility index (Phi) is 5.40. The number of aromatic nitrogens is 2. The van der Waals surface area contributed by atoms with Crippen LogP contribution in [0.15, 0.2) is 6.20 Å². The summed E-state index contributed by atoms with van der Waals surface area (Å²) in [5, 5.41) is 18.1. The molecule has 3 rings (SSSR count). The van der Waals surface area contributed by atoms with Gasteiger partial charge < -0.3 is 10.2 Å². The van der Waals surface area contributed by atoms with Crippen molar-refractivity contribution in [1.82, 2.24) is 20.0 Å². The summed E-state index contributed by atoms with van der Waals surface area (Å²) in [6.07, 6.45) is 2.20. The van der Waals surface area contributed by atoms with Gasteiger partial charge >= 0.3 is 5.69 Å². The Morgan fingerprint density at radius 1 is 1.29 bits per heavy atom. The molecule has 0 bridgehead atoms. The fourth-order valence-electron chi connectivity index (χ4n) is 3.67. The molecule has 0 aromatic carbocycles. The van der Waals surface area contributed by atoms with E-state index in [9.17, 15) is 18.9 Å². The van der Waals surface area contributed by atoms with Crippen LogP contribution < -0.4 is 5.32 Å². The van der Waals surface area contributed by atoms with Crippen LogP contribution in [-0.4, -0.2) is 52.3 Å². The zero-order chi connectivity index (χ0) is 17.1. The van der Waals surface area contributed by atoms with Crippen LogP contribution in [0.4, 0.5) is 14.5 Å². The Hall–Kier alpha value is -1.61. The number of nitrogens with zero attached hydrogens (tertiary/aromatic N) is 4. The second kappa shape index (κ2) is 7.52. The summed E-state index contributed by atoms with van der Waals surface area (Å²) in [6, 6.07) is -0.0412. The molecule has 9 heteroatoms. The first-order chi connectivity index (χ1) is 11.5. The number of nitro groups is 1. The largest absolute Gasteiger partial charge is 0.317 e. The van der Waals surface area contributed by atoms with E-state index in [1.54, 1.807) is 0 Å². The van der Waals surface area contributed by atoms with Crippen LogP contribution in [0.25, 0.3) is 0 Å². The third-order valence-electron chi connectivity index (χ3n) is 5.05. The molecule has 0 aliphatic carbocycles.